The van der Waals surface area contributed by atoms with E-state index in [4.69, 9.17) is 23.0 Å². The van der Waals surface area contributed by atoms with E-state index in [2.05, 4.69) is 0 Å². The Kier molecular flexibility index (Phi) is 7.22. The van der Waals surface area contributed by atoms with Crippen LogP contribution in [0.4, 0.5) is 0 Å². The molecule has 6 heteroatoms. The number of hydroxylamine groups is 2. The lowest BCUT2D eigenvalue weighted by atomic mass is 9.87. The molecule has 0 aliphatic carbocycles. The number of benzene rings is 1. The summed E-state index contributed by atoms with van der Waals surface area (Å²) in [6.07, 6.45) is 0.574. The lowest BCUT2D eigenvalue weighted by molar-refractivity contribution is -1.24. The van der Waals surface area contributed by atoms with E-state index in [0.717, 1.165) is 22.3 Å². The highest BCUT2D eigenvalue weighted by Gasteiger charge is 2.03. The first kappa shape index (κ1) is 16.3. The van der Waals surface area contributed by atoms with Crippen LogP contribution in [0.3, 0.4) is 0 Å². The number of halogens is 1. The van der Waals surface area contributed by atoms with Crippen LogP contribution in [0.1, 0.15) is 17.5 Å². The Morgan fingerprint density at radius 3 is 2.24 bits per heavy atom. The summed E-state index contributed by atoms with van der Waals surface area (Å²) in [6.45, 7) is 4.56. The largest absolute Gasteiger partial charge is 1.00 e. The molecule has 1 aromatic carbocycles. The average molecular weight is 258 g/mol. The third kappa shape index (κ3) is 5.41. The van der Waals surface area contributed by atoms with Crippen molar-refractivity contribution in [2.24, 2.45) is 0 Å². The lowest BCUT2D eigenvalue weighted by Gasteiger charge is -2.11. The fourth-order valence-electron chi connectivity index (χ4n) is 1.44. The molecule has 0 atom stereocenters. The van der Waals surface area contributed by atoms with Gasteiger partial charge in [-0.1, -0.05) is 21.8 Å². The molecule has 3 N–H and O–H groups in total. The molecule has 0 aromatic heterocycles. The van der Waals surface area contributed by atoms with Crippen LogP contribution in [0.5, 0.6) is 5.75 Å². The van der Waals surface area contributed by atoms with Crippen molar-refractivity contribution in [3.63, 3.8) is 0 Å². The summed E-state index contributed by atoms with van der Waals surface area (Å²) in [5.74, 6) is 0.765. The van der Waals surface area contributed by atoms with Crippen LogP contribution < -0.4 is 27.8 Å². The fourth-order valence-corrected chi connectivity index (χ4v) is 1.44. The smallest absolute Gasteiger partial charge is 0.143 e. The third-order valence-electron chi connectivity index (χ3n) is 2.38. The van der Waals surface area contributed by atoms with Crippen molar-refractivity contribution < 1.29 is 32.8 Å². The molecule has 17 heavy (non-hydrogen) atoms. The molecule has 0 heterocycles. The van der Waals surface area contributed by atoms with E-state index in [1.165, 1.54) is 0 Å². The first-order valence-electron chi connectivity index (χ1n) is 5.24. The SMILES string of the molecule is [B]c1c(C)cc(OCCC[NH+](O)O)cc1C.[Cl-]. The highest BCUT2D eigenvalue weighted by Crippen LogP contribution is 2.14. The summed E-state index contributed by atoms with van der Waals surface area (Å²) in [7, 11) is 5.82. The maximum Gasteiger partial charge on any atom is 0.143 e. The summed E-state index contributed by atoms with van der Waals surface area (Å²) in [5, 5.41) is 16.6. The molecule has 2 radical (unpaired) electrons. The van der Waals surface area contributed by atoms with Crippen molar-refractivity contribution in [2.75, 3.05) is 13.2 Å². The Morgan fingerprint density at radius 2 is 1.76 bits per heavy atom. The van der Waals surface area contributed by atoms with Crippen molar-refractivity contribution in [2.45, 2.75) is 20.3 Å². The molecule has 0 amide bonds. The number of aryl methyl sites for hydroxylation is 2. The minimum atomic E-state index is -0.548. The molecular formula is C11H17BClNO3. The lowest BCUT2D eigenvalue weighted by Crippen LogP contribution is -3.07. The van der Waals surface area contributed by atoms with Gasteiger partial charge < -0.3 is 17.1 Å². The van der Waals surface area contributed by atoms with E-state index in [0.29, 0.717) is 13.0 Å². The molecule has 0 aliphatic heterocycles. The maximum atomic E-state index is 8.57. The van der Waals surface area contributed by atoms with Crippen molar-refractivity contribution in [3.05, 3.63) is 23.3 Å². The van der Waals surface area contributed by atoms with Crippen LogP contribution in [0.2, 0.25) is 0 Å². The van der Waals surface area contributed by atoms with Crippen LogP contribution in [0, 0.1) is 13.8 Å². The molecule has 0 spiro atoms. The summed E-state index contributed by atoms with van der Waals surface area (Å²) >= 11 is 0. The standard InChI is InChI=1S/C11H16BNO3.ClH/c1-8-6-10(7-9(2)11(8)12)16-5-3-4-13(14)15;/h6-7,14-15H,3-5H2,1-2H3;1H. The first-order chi connectivity index (χ1) is 7.50. The Morgan fingerprint density at radius 1 is 1.24 bits per heavy atom. The van der Waals surface area contributed by atoms with Gasteiger partial charge in [-0.3, -0.25) is 0 Å². The van der Waals surface area contributed by atoms with Gasteiger partial charge in [0.05, 0.1) is 6.61 Å². The van der Waals surface area contributed by atoms with Crippen LogP contribution in [0.15, 0.2) is 12.1 Å². The number of hydrogen-bond donors (Lipinski definition) is 3. The molecular weight excluding hydrogens is 240 g/mol. The van der Waals surface area contributed by atoms with E-state index in [1.54, 1.807) is 0 Å². The van der Waals surface area contributed by atoms with Gasteiger partial charge >= 0.3 is 0 Å². The minimum Gasteiger partial charge on any atom is -1.00 e. The normalized spacial score (nSPS) is 10.2. The predicted molar refractivity (Wildman–Crippen MR) is 60.8 cm³/mol. The second-order valence-corrected chi connectivity index (χ2v) is 3.84. The Labute approximate surface area is 109 Å². The van der Waals surface area contributed by atoms with Gasteiger partial charge in [0.2, 0.25) is 0 Å². The highest BCUT2D eigenvalue weighted by molar-refractivity contribution is 6.34. The number of ether oxygens (including phenoxy) is 1. The van der Waals surface area contributed by atoms with Gasteiger partial charge in [0.15, 0.2) is 0 Å². The van der Waals surface area contributed by atoms with Gasteiger partial charge in [0, 0.05) is 6.42 Å². The quantitative estimate of drug-likeness (QED) is 0.292. The number of rotatable bonds is 5. The molecule has 0 bridgehead atoms. The van der Waals surface area contributed by atoms with Gasteiger partial charge in [0.25, 0.3) is 0 Å². The van der Waals surface area contributed by atoms with Crippen LogP contribution in [0.25, 0.3) is 0 Å². The summed E-state index contributed by atoms with van der Waals surface area (Å²) < 4.78 is 5.48. The van der Waals surface area contributed by atoms with Crippen LogP contribution in [-0.2, 0) is 0 Å². The van der Waals surface area contributed by atoms with Crippen LogP contribution >= 0.6 is 0 Å². The molecule has 0 saturated carbocycles. The molecule has 94 valence electrons. The fraction of sp³-hybridized carbons (Fsp3) is 0.455. The number of quaternary nitrogens is 1. The van der Waals surface area contributed by atoms with Gasteiger partial charge in [-0.15, -0.1) is 0 Å². The monoisotopic (exact) mass is 257 g/mol. The minimum absolute atomic E-state index is 0. The average Bonchev–Trinajstić information content (AvgIpc) is 2.20. The van der Waals surface area contributed by atoms with E-state index in [9.17, 15) is 0 Å². The van der Waals surface area contributed by atoms with E-state index < -0.39 is 5.23 Å². The topological polar surface area (TPSA) is 54.1 Å². The Bertz CT molecular complexity index is 338. The Hall–Kier alpha value is -0.745. The van der Waals surface area contributed by atoms with Crippen molar-refractivity contribution in [1.29, 1.82) is 0 Å². The molecule has 0 unspecified atom stereocenters. The second-order valence-electron chi connectivity index (χ2n) is 3.84. The molecule has 0 aliphatic rings. The third-order valence-corrected chi connectivity index (χ3v) is 2.38. The van der Waals surface area contributed by atoms with Crippen molar-refractivity contribution in [1.82, 2.24) is 0 Å². The zero-order chi connectivity index (χ0) is 12.1. The first-order valence-corrected chi connectivity index (χ1v) is 5.24. The zero-order valence-electron chi connectivity index (χ0n) is 10.0. The van der Waals surface area contributed by atoms with Gasteiger partial charge in [0.1, 0.15) is 20.1 Å². The maximum absolute atomic E-state index is 8.57. The Balaban J connectivity index is 0.00000256. The summed E-state index contributed by atoms with van der Waals surface area (Å²) in [6, 6.07) is 3.76. The van der Waals surface area contributed by atoms with E-state index in [1.807, 2.05) is 26.0 Å². The second kappa shape index (κ2) is 7.56. The molecule has 0 saturated heterocycles. The van der Waals surface area contributed by atoms with Crippen molar-refractivity contribution >= 4 is 13.3 Å². The van der Waals surface area contributed by atoms with Gasteiger partial charge in [-0.05, 0) is 26.0 Å². The van der Waals surface area contributed by atoms with Gasteiger partial charge in [-0.2, -0.15) is 10.4 Å². The van der Waals surface area contributed by atoms with Gasteiger partial charge in [-0.25, -0.2) is 0 Å². The van der Waals surface area contributed by atoms with E-state index in [-0.39, 0.29) is 19.0 Å². The highest BCUT2D eigenvalue weighted by atomic mass is 35.5. The van der Waals surface area contributed by atoms with E-state index >= 15 is 0 Å². The summed E-state index contributed by atoms with van der Waals surface area (Å²) in [5.41, 5.74) is 2.77. The van der Waals surface area contributed by atoms with Crippen LogP contribution in [-0.4, -0.2) is 31.4 Å². The molecule has 1 aromatic rings. The summed E-state index contributed by atoms with van der Waals surface area (Å²) in [4.78, 5) is 0. The van der Waals surface area contributed by atoms with Crippen molar-refractivity contribution in [3.8, 4) is 5.75 Å². The number of nitrogens with one attached hydrogen (secondary N) is 1. The molecule has 4 nitrogen and oxygen atoms in total. The molecule has 1 rings (SSSR count). The zero-order valence-corrected chi connectivity index (χ0v) is 10.8. The predicted octanol–water partition coefficient (Wildman–Crippen LogP) is -3.47. The number of hydrogen-bond acceptors (Lipinski definition) is 3. The molecule has 0 fully saturated rings.